The Labute approximate surface area is 239 Å². The van der Waals surface area contributed by atoms with Gasteiger partial charge in [-0.25, -0.2) is 0 Å². The van der Waals surface area contributed by atoms with Crippen LogP contribution in [0, 0.1) is 0 Å². The average molecular weight is 551 g/mol. The number of allylic oxidation sites excluding steroid dienone is 2. The van der Waals surface area contributed by atoms with Crippen LogP contribution in [0.4, 0.5) is 0 Å². The fourth-order valence-electron chi connectivity index (χ4n) is 6.31. The predicted octanol–water partition coefficient (Wildman–Crippen LogP) is 4.99. The average Bonchev–Trinajstić information content (AvgIpc) is 3.61. The van der Waals surface area contributed by atoms with Crippen LogP contribution in [0.3, 0.4) is 0 Å². The first-order valence-corrected chi connectivity index (χ1v) is 14.6. The van der Waals surface area contributed by atoms with Crippen molar-refractivity contribution in [1.82, 2.24) is 20.6 Å². The standard InChI is InChI=1S/C33H38N6O2/c34-32(40)22-6-12-30-26(16-22)28(18-38-30)20-2-8-24(9-3-20)36-14-1-15-37-25-10-4-21(5-11-25)29-19-39-31-13-7-23(33(35)41)17-27(29)31/h2,4,6-7,12-13,16-19,24-25,36-39H,1,3,5,8-11,14-15H2,(H2,34,40)(H2,35,41). The minimum Gasteiger partial charge on any atom is -0.366 e. The van der Waals surface area contributed by atoms with E-state index in [-0.39, 0.29) is 0 Å². The Morgan fingerprint density at radius 3 is 1.59 bits per heavy atom. The van der Waals surface area contributed by atoms with Gasteiger partial charge in [-0.1, -0.05) is 12.2 Å². The van der Waals surface area contributed by atoms with Gasteiger partial charge >= 0.3 is 0 Å². The topological polar surface area (TPSA) is 142 Å². The monoisotopic (exact) mass is 550 g/mol. The summed E-state index contributed by atoms with van der Waals surface area (Å²) in [5.41, 5.74) is 19.1. The highest BCUT2D eigenvalue weighted by Gasteiger charge is 2.19. The van der Waals surface area contributed by atoms with E-state index in [1.54, 1.807) is 12.1 Å². The Kier molecular flexibility index (Phi) is 7.76. The van der Waals surface area contributed by atoms with E-state index in [2.05, 4.69) is 32.8 Å². The minimum atomic E-state index is -0.396. The molecule has 2 amide bonds. The van der Waals surface area contributed by atoms with Crippen LogP contribution in [-0.2, 0) is 0 Å². The molecule has 2 aliphatic rings. The van der Waals surface area contributed by atoms with Gasteiger partial charge in [-0.15, -0.1) is 0 Å². The van der Waals surface area contributed by atoms with Crippen molar-refractivity contribution in [2.45, 2.75) is 57.0 Å². The molecule has 2 aromatic carbocycles. The zero-order valence-corrected chi connectivity index (χ0v) is 23.3. The molecule has 2 aliphatic carbocycles. The van der Waals surface area contributed by atoms with E-state index < -0.39 is 11.8 Å². The summed E-state index contributed by atoms with van der Waals surface area (Å²) in [6.45, 7) is 2.00. The van der Waals surface area contributed by atoms with Crippen molar-refractivity contribution in [3.05, 3.63) is 83.2 Å². The second-order valence-electron chi connectivity index (χ2n) is 11.3. The van der Waals surface area contributed by atoms with Crippen LogP contribution in [0.1, 0.15) is 76.8 Å². The highest BCUT2D eigenvalue weighted by atomic mass is 16.1. The molecule has 212 valence electrons. The number of aromatic nitrogens is 2. The van der Waals surface area contributed by atoms with Crippen molar-refractivity contribution >= 4 is 44.8 Å². The summed E-state index contributed by atoms with van der Waals surface area (Å²) in [4.78, 5) is 29.9. The molecule has 2 heterocycles. The second-order valence-corrected chi connectivity index (χ2v) is 11.3. The first-order chi connectivity index (χ1) is 20.0. The molecular formula is C33H38N6O2. The molecule has 0 radical (unpaired) electrons. The predicted molar refractivity (Wildman–Crippen MR) is 165 cm³/mol. The fraction of sp³-hybridized carbons (Fsp3) is 0.333. The van der Waals surface area contributed by atoms with Gasteiger partial charge in [0.2, 0.25) is 11.8 Å². The first-order valence-electron chi connectivity index (χ1n) is 14.6. The summed E-state index contributed by atoms with van der Waals surface area (Å²) < 4.78 is 0. The van der Waals surface area contributed by atoms with E-state index in [1.165, 1.54) is 22.3 Å². The van der Waals surface area contributed by atoms with Gasteiger partial charge < -0.3 is 32.1 Å². The molecule has 6 rings (SSSR count). The number of nitrogens with two attached hydrogens (primary N) is 2. The molecule has 41 heavy (non-hydrogen) atoms. The van der Waals surface area contributed by atoms with Crippen LogP contribution in [-0.4, -0.2) is 47.0 Å². The number of benzene rings is 2. The molecule has 8 nitrogen and oxygen atoms in total. The van der Waals surface area contributed by atoms with Crippen molar-refractivity contribution in [3.8, 4) is 0 Å². The number of nitrogens with one attached hydrogen (secondary N) is 4. The third kappa shape index (κ3) is 5.85. The smallest absolute Gasteiger partial charge is 0.248 e. The number of fused-ring (bicyclic) bond motifs is 2. The van der Waals surface area contributed by atoms with Crippen molar-refractivity contribution < 1.29 is 9.59 Å². The lowest BCUT2D eigenvalue weighted by Gasteiger charge is -2.25. The fourth-order valence-corrected chi connectivity index (χ4v) is 6.31. The zero-order valence-electron chi connectivity index (χ0n) is 23.3. The Hall–Kier alpha value is -4.14. The lowest BCUT2D eigenvalue weighted by atomic mass is 9.90. The number of hydrogen-bond donors (Lipinski definition) is 6. The summed E-state index contributed by atoms with van der Waals surface area (Å²) >= 11 is 0. The van der Waals surface area contributed by atoms with Crippen LogP contribution in [0.25, 0.3) is 33.0 Å². The molecule has 2 unspecified atom stereocenters. The first kappa shape index (κ1) is 27.1. The van der Waals surface area contributed by atoms with Gasteiger partial charge in [-0.2, -0.15) is 0 Å². The Morgan fingerprint density at radius 2 is 1.20 bits per heavy atom. The quantitative estimate of drug-likeness (QED) is 0.155. The summed E-state index contributed by atoms with van der Waals surface area (Å²) in [7, 11) is 0. The van der Waals surface area contributed by atoms with Crippen LogP contribution >= 0.6 is 0 Å². The van der Waals surface area contributed by atoms with Crippen LogP contribution in [0.5, 0.6) is 0 Å². The van der Waals surface area contributed by atoms with E-state index in [0.717, 1.165) is 79.8 Å². The molecule has 8 N–H and O–H groups in total. The molecule has 0 saturated heterocycles. The lowest BCUT2D eigenvalue weighted by molar-refractivity contribution is 0.0992. The van der Waals surface area contributed by atoms with Crippen molar-refractivity contribution in [2.24, 2.45) is 11.5 Å². The van der Waals surface area contributed by atoms with E-state index in [9.17, 15) is 9.59 Å². The number of aromatic amines is 2. The number of carbonyl (C=O) groups excluding carboxylic acids is 2. The molecule has 0 aliphatic heterocycles. The Morgan fingerprint density at radius 1 is 0.732 bits per heavy atom. The molecule has 0 spiro atoms. The normalized spacial score (nSPS) is 19.3. The maximum atomic E-state index is 11.6. The number of primary amides is 2. The van der Waals surface area contributed by atoms with Crippen LogP contribution < -0.4 is 22.1 Å². The highest BCUT2D eigenvalue weighted by molar-refractivity contribution is 6.01. The number of rotatable bonds is 10. The van der Waals surface area contributed by atoms with Crippen molar-refractivity contribution in [1.29, 1.82) is 0 Å². The number of hydrogen-bond acceptors (Lipinski definition) is 4. The molecule has 0 saturated carbocycles. The molecule has 0 fully saturated rings. The van der Waals surface area contributed by atoms with E-state index in [4.69, 9.17) is 11.5 Å². The van der Waals surface area contributed by atoms with Gasteiger partial charge in [0.05, 0.1) is 0 Å². The third-order valence-corrected chi connectivity index (χ3v) is 8.67. The molecule has 2 atom stereocenters. The SMILES string of the molecule is NC(=O)c1ccc2[nH]cc(C3=CCC(NCCCNC4CC=C(c5c[nH]c6ccc(C(N)=O)cc56)CC4)CC3)c2c1. The van der Waals surface area contributed by atoms with Crippen molar-refractivity contribution in [3.63, 3.8) is 0 Å². The lowest BCUT2D eigenvalue weighted by Crippen LogP contribution is -2.35. The third-order valence-electron chi connectivity index (χ3n) is 8.67. The van der Waals surface area contributed by atoms with Crippen molar-refractivity contribution in [2.75, 3.05) is 13.1 Å². The molecule has 8 heteroatoms. The number of H-pyrrole nitrogens is 2. The maximum Gasteiger partial charge on any atom is 0.248 e. The summed E-state index contributed by atoms with van der Waals surface area (Å²) in [5.74, 6) is -0.793. The van der Waals surface area contributed by atoms with Crippen LogP contribution in [0.2, 0.25) is 0 Å². The Balaban J connectivity index is 0.945. The van der Waals surface area contributed by atoms with Gasteiger partial charge in [-0.05, 0) is 106 Å². The van der Waals surface area contributed by atoms with Gasteiger partial charge in [0.25, 0.3) is 0 Å². The van der Waals surface area contributed by atoms with Gasteiger partial charge in [-0.3, -0.25) is 9.59 Å². The minimum absolute atomic E-state index is 0.396. The summed E-state index contributed by atoms with van der Waals surface area (Å²) in [6.07, 6.45) is 16.1. The second kappa shape index (κ2) is 11.8. The van der Waals surface area contributed by atoms with E-state index in [1.807, 2.05) is 36.7 Å². The molecular weight excluding hydrogens is 512 g/mol. The Bertz CT molecular complexity index is 1540. The van der Waals surface area contributed by atoms with Crippen LogP contribution in [0.15, 0.2) is 60.9 Å². The highest BCUT2D eigenvalue weighted by Crippen LogP contribution is 2.34. The van der Waals surface area contributed by atoms with Gasteiger partial charge in [0.15, 0.2) is 0 Å². The maximum absolute atomic E-state index is 11.6. The zero-order chi connectivity index (χ0) is 28.3. The number of amides is 2. The summed E-state index contributed by atoms with van der Waals surface area (Å²) in [6, 6.07) is 12.2. The van der Waals surface area contributed by atoms with E-state index in [0.29, 0.717) is 23.2 Å². The molecule has 4 aromatic rings. The molecule has 0 bridgehead atoms. The number of carbonyl (C=O) groups is 2. The van der Waals surface area contributed by atoms with E-state index >= 15 is 0 Å². The van der Waals surface area contributed by atoms with Gasteiger partial charge in [0.1, 0.15) is 0 Å². The summed E-state index contributed by atoms with van der Waals surface area (Å²) in [5, 5.41) is 9.61. The molecule has 2 aromatic heterocycles. The largest absolute Gasteiger partial charge is 0.366 e. The van der Waals surface area contributed by atoms with Gasteiger partial charge in [0, 0.05) is 68.5 Å².